The zero-order chi connectivity index (χ0) is 13.8. The van der Waals surface area contributed by atoms with Crippen LogP contribution in [-0.2, 0) is 4.79 Å². The van der Waals surface area contributed by atoms with Crippen molar-refractivity contribution in [2.45, 2.75) is 32.2 Å². The average Bonchev–Trinajstić information content (AvgIpc) is 2.29. The Morgan fingerprint density at radius 3 is 2.33 bits per heavy atom. The molecule has 5 heteroatoms. The molecule has 0 fully saturated rings. The molecule has 1 amide bonds. The van der Waals surface area contributed by atoms with Crippen molar-refractivity contribution in [1.29, 1.82) is 0 Å². The van der Waals surface area contributed by atoms with Crippen LogP contribution in [0.15, 0.2) is 24.3 Å². The first-order valence-electron chi connectivity index (χ1n) is 5.70. The van der Waals surface area contributed by atoms with Crippen LogP contribution in [-0.4, -0.2) is 22.5 Å². The Labute approximate surface area is 120 Å². The van der Waals surface area contributed by atoms with Crippen molar-refractivity contribution in [2.75, 3.05) is 0 Å². The largest absolute Gasteiger partial charge is 0.480 e. The SMILES string of the molecule is CCCC(C)(NC(=O)c1ccc(I)cc1)C(=O)O. The number of rotatable bonds is 5. The molecule has 0 aliphatic rings. The third kappa shape index (κ3) is 3.69. The van der Waals surface area contributed by atoms with Crippen molar-refractivity contribution in [1.82, 2.24) is 5.32 Å². The number of amides is 1. The summed E-state index contributed by atoms with van der Waals surface area (Å²) in [6.07, 6.45) is 1.09. The van der Waals surface area contributed by atoms with Crippen molar-refractivity contribution in [3.63, 3.8) is 0 Å². The van der Waals surface area contributed by atoms with Crippen molar-refractivity contribution < 1.29 is 14.7 Å². The third-order valence-electron chi connectivity index (χ3n) is 2.72. The number of nitrogens with one attached hydrogen (secondary N) is 1. The second-order valence-electron chi connectivity index (χ2n) is 4.35. The van der Waals surface area contributed by atoms with E-state index < -0.39 is 11.5 Å². The fourth-order valence-electron chi connectivity index (χ4n) is 1.65. The monoisotopic (exact) mass is 361 g/mol. The van der Waals surface area contributed by atoms with Crippen LogP contribution in [0.1, 0.15) is 37.0 Å². The van der Waals surface area contributed by atoms with Gasteiger partial charge in [0.2, 0.25) is 0 Å². The summed E-state index contributed by atoms with van der Waals surface area (Å²) in [5, 5.41) is 11.8. The van der Waals surface area contributed by atoms with E-state index in [2.05, 4.69) is 27.9 Å². The van der Waals surface area contributed by atoms with Gasteiger partial charge in [0.05, 0.1) is 0 Å². The summed E-state index contributed by atoms with van der Waals surface area (Å²) in [6.45, 7) is 3.42. The number of hydrogen-bond acceptors (Lipinski definition) is 2. The van der Waals surface area contributed by atoms with E-state index in [1.807, 2.05) is 19.1 Å². The van der Waals surface area contributed by atoms with Gasteiger partial charge in [0, 0.05) is 9.13 Å². The number of carboxylic acid groups (broad SMARTS) is 1. The molecule has 0 aliphatic carbocycles. The molecule has 1 aromatic carbocycles. The summed E-state index contributed by atoms with van der Waals surface area (Å²) in [5.74, 6) is -1.37. The second kappa shape index (κ2) is 6.17. The lowest BCUT2D eigenvalue weighted by molar-refractivity contribution is -0.144. The van der Waals surface area contributed by atoms with Crippen LogP contribution in [0.25, 0.3) is 0 Å². The van der Waals surface area contributed by atoms with Crippen molar-refractivity contribution in [2.24, 2.45) is 0 Å². The van der Waals surface area contributed by atoms with Crippen LogP contribution in [0, 0.1) is 3.57 Å². The van der Waals surface area contributed by atoms with E-state index in [4.69, 9.17) is 0 Å². The highest BCUT2D eigenvalue weighted by atomic mass is 127. The standard InChI is InChI=1S/C13H16INO3/c1-3-8-13(2,12(17)18)15-11(16)9-4-6-10(14)7-5-9/h4-7H,3,8H2,1-2H3,(H,15,16)(H,17,18). The molecule has 0 saturated heterocycles. The molecular weight excluding hydrogens is 345 g/mol. The molecule has 98 valence electrons. The van der Waals surface area contributed by atoms with Crippen LogP contribution in [0.5, 0.6) is 0 Å². The number of hydrogen-bond donors (Lipinski definition) is 2. The molecule has 0 aliphatic heterocycles. The fraction of sp³-hybridized carbons (Fsp3) is 0.385. The van der Waals surface area contributed by atoms with Gasteiger partial charge in [-0.25, -0.2) is 4.79 Å². The first-order valence-corrected chi connectivity index (χ1v) is 6.78. The Hall–Kier alpha value is -1.11. The highest BCUT2D eigenvalue weighted by molar-refractivity contribution is 14.1. The number of carbonyl (C=O) groups is 2. The van der Waals surface area contributed by atoms with Gasteiger partial charge in [-0.1, -0.05) is 13.3 Å². The summed E-state index contributed by atoms with van der Waals surface area (Å²) in [4.78, 5) is 23.2. The summed E-state index contributed by atoms with van der Waals surface area (Å²) in [5.41, 5.74) is -0.742. The molecule has 0 aromatic heterocycles. The smallest absolute Gasteiger partial charge is 0.329 e. The zero-order valence-electron chi connectivity index (χ0n) is 10.4. The first-order chi connectivity index (χ1) is 8.39. The molecule has 1 atom stereocenters. The van der Waals surface area contributed by atoms with Crippen LogP contribution >= 0.6 is 22.6 Å². The molecule has 0 saturated carbocycles. The van der Waals surface area contributed by atoms with Gasteiger partial charge < -0.3 is 10.4 Å². The summed E-state index contributed by atoms with van der Waals surface area (Å²) in [7, 11) is 0. The van der Waals surface area contributed by atoms with Gasteiger partial charge >= 0.3 is 5.97 Å². The highest BCUT2D eigenvalue weighted by Crippen LogP contribution is 2.14. The van der Waals surface area contributed by atoms with Gasteiger partial charge in [-0.3, -0.25) is 4.79 Å². The van der Waals surface area contributed by atoms with Crippen molar-refractivity contribution >= 4 is 34.5 Å². The van der Waals surface area contributed by atoms with Crippen molar-refractivity contribution in [3.05, 3.63) is 33.4 Å². The predicted molar refractivity (Wildman–Crippen MR) is 77.6 cm³/mol. The summed E-state index contributed by atoms with van der Waals surface area (Å²) in [6, 6.07) is 7.00. The Morgan fingerprint density at radius 1 is 1.33 bits per heavy atom. The third-order valence-corrected chi connectivity index (χ3v) is 3.44. The van der Waals surface area contributed by atoms with E-state index in [9.17, 15) is 14.7 Å². The van der Waals surface area contributed by atoms with Crippen LogP contribution < -0.4 is 5.32 Å². The lowest BCUT2D eigenvalue weighted by Gasteiger charge is -2.25. The lowest BCUT2D eigenvalue weighted by atomic mass is 9.96. The molecule has 1 unspecified atom stereocenters. The van der Waals surface area contributed by atoms with E-state index in [0.29, 0.717) is 18.4 Å². The number of carboxylic acids is 1. The Morgan fingerprint density at radius 2 is 1.89 bits per heavy atom. The molecule has 1 rings (SSSR count). The maximum Gasteiger partial charge on any atom is 0.329 e. The highest BCUT2D eigenvalue weighted by Gasteiger charge is 2.33. The number of halogens is 1. The summed E-state index contributed by atoms with van der Waals surface area (Å²) < 4.78 is 1.03. The summed E-state index contributed by atoms with van der Waals surface area (Å²) >= 11 is 2.15. The van der Waals surface area contributed by atoms with Gasteiger partial charge in [0.25, 0.3) is 5.91 Å². The molecule has 2 N–H and O–H groups in total. The van der Waals surface area contributed by atoms with Gasteiger partial charge in [-0.05, 0) is 60.2 Å². The quantitative estimate of drug-likeness (QED) is 0.793. The number of aliphatic carboxylic acids is 1. The van der Waals surface area contributed by atoms with Crippen molar-refractivity contribution in [3.8, 4) is 0 Å². The maximum atomic E-state index is 12.0. The van der Waals surface area contributed by atoms with E-state index in [1.54, 1.807) is 12.1 Å². The molecule has 0 spiro atoms. The first kappa shape index (κ1) is 14.9. The minimum absolute atomic E-state index is 0.357. The Balaban J connectivity index is 2.85. The molecular formula is C13H16INO3. The van der Waals surface area contributed by atoms with E-state index in [0.717, 1.165) is 3.57 Å². The van der Waals surface area contributed by atoms with E-state index in [-0.39, 0.29) is 5.91 Å². The van der Waals surface area contributed by atoms with Gasteiger partial charge in [0.1, 0.15) is 5.54 Å². The van der Waals surface area contributed by atoms with Gasteiger partial charge in [-0.2, -0.15) is 0 Å². The van der Waals surface area contributed by atoms with E-state index in [1.165, 1.54) is 6.92 Å². The molecule has 4 nitrogen and oxygen atoms in total. The molecule has 0 heterocycles. The van der Waals surface area contributed by atoms with Gasteiger partial charge in [-0.15, -0.1) is 0 Å². The van der Waals surface area contributed by atoms with Crippen LogP contribution in [0.3, 0.4) is 0 Å². The lowest BCUT2D eigenvalue weighted by Crippen LogP contribution is -2.52. The molecule has 18 heavy (non-hydrogen) atoms. The minimum Gasteiger partial charge on any atom is -0.480 e. The fourth-order valence-corrected chi connectivity index (χ4v) is 2.01. The van der Waals surface area contributed by atoms with Gasteiger partial charge in [0.15, 0.2) is 0 Å². The molecule has 0 radical (unpaired) electrons. The topological polar surface area (TPSA) is 66.4 Å². The molecule has 0 bridgehead atoms. The number of carbonyl (C=O) groups excluding carboxylic acids is 1. The zero-order valence-corrected chi connectivity index (χ0v) is 12.5. The van der Waals surface area contributed by atoms with Crippen LogP contribution in [0.4, 0.5) is 0 Å². The second-order valence-corrected chi connectivity index (χ2v) is 5.59. The van der Waals surface area contributed by atoms with E-state index >= 15 is 0 Å². The molecule has 1 aromatic rings. The maximum absolute atomic E-state index is 12.0. The number of benzene rings is 1. The average molecular weight is 361 g/mol. The predicted octanol–water partition coefficient (Wildman–Crippen LogP) is 2.66. The minimum atomic E-state index is -1.21. The Kier molecular flexibility index (Phi) is 5.13. The van der Waals surface area contributed by atoms with Crippen LogP contribution in [0.2, 0.25) is 0 Å². The normalized spacial score (nSPS) is 13.7. The Bertz CT molecular complexity index is 444.